The highest BCUT2D eigenvalue weighted by molar-refractivity contribution is 7.98. The van der Waals surface area contributed by atoms with Crippen molar-refractivity contribution in [1.82, 2.24) is 9.62 Å². The standard InChI is InChI=1S/C24H23Cl2FN2O3S2/c1-16(17-6-10-19(33-2)11-7-17)28-24(30)15-29(14-21-22(26)4-3-5-23(21)27)34(31,32)20-12-8-18(25)9-13-20/h3-13,16H,14-15H2,1-2H3,(H,28,30). The lowest BCUT2D eigenvalue weighted by Gasteiger charge is -2.24. The second kappa shape index (κ2) is 11.6. The molecule has 0 radical (unpaired) electrons. The maximum Gasteiger partial charge on any atom is 0.243 e. The highest BCUT2D eigenvalue weighted by Gasteiger charge is 2.29. The van der Waals surface area contributed by atoms with Gasteiger partial charge >= 0.3 is 0 Å². The van der Waals surface area contributed by atoms with Crippen LogP contribution in [0.5, 0.6) is 0 Å². The summed E-state index contributed by atoms with van der Waals surface area (Å²) in [5, 5.41) is 3.24. The van der Waals surface area contributed by atoms with Crippen LogP contribution in [0.2, 0.25) is 10.0 Å². The summed E-state index contributed by atoms with van der Waals surface area (Å²) >= 11 is 13.6. The third-order valence-electron chi connectivity index (χ3n) is 5.16. The fourth-order valence-corrected chi connectivity index (χ4v) is 5.39. The third-order valence-corrected chi connectivity index (χ3v) is 8.32. The van der Waals surface area contributed by atoms with Crippen LogP contribution in [-0.2, 0) is 21.4 Å². The van der Waals surface area contributed by atoms with Crippen molar-refractivity contribution in [2.75, 3.05) is 12.8 Å². The lowest BCUT2D eigenvalue weighted by atomic mass is 10.1. The molecule has 180 valence electrons. The van der Waals surface area contributed by atoms with Crippen LogP contribution in [0.4, 0.5) is 4.39 Å². The average molecular weight is 541 g/mol. The highest BCUT2D eigenvalue weighted by atomic mass is 35.5. The van der Waals surface area contributed by atoms with Crippen LogP contribution in [0, 0.1) is 5.82 Å². The molecule has 1 atom stereocenters. The summed E-state index contributed by atoms with van der Waals surface area (Å²) in [7, 11) is -4.17. The molecule has 34 heavy (non-hydrogen) atoms. The van der Waals surface area contributed by atoms with E-state index in [1.807, 2.05) is 30.5 Å². The highest BCUT2D eigenvalue weighted by Crippen LogP contribution is 2.26. The van der Waals surface area contributed by atoms with E-state index in [9.17, 15) is 17.6 Å². The van der Waals surface area contributed by atoms with Gasteiger partial charge in [0, 0.05) is 27.0 Å². The number of benzene rings is 3. The van der Waals surface area contributed by atoms with Crippen molar-refractivity contribution in [3.8, 4) is 0 Å². The van der Waals surface area contributed by atoms with Gasteiger partial charge in [0.25, 0.3) is 0 Å². The smallest absolute Gasteiger partial charge is 0.243 e. The molecule has 1 amide bonds. The molecule has 10 heteroatoms. The number of carbonyl (C=O) groups is 1. The first kappa shape index (κ1) is 26.5. The molecule has 0 heterocycles. The number of nitrogens with zero attached hydrogens (tertiary/aromatic N) is 1. The van der Waals surface area contributed by atoms with Gasteiger partial charge in [0.2, 0.25) is 15.9 Å². The Bertz CT molecular complexity index is 1230. The van der Waals surface area contributed by atoms with Crippen LogP contribution in [0.15, 0.2) is 76.5 Å². The molecule has 3 aromatic rings. The molecule has 0 spiro atoms. The second-order valence-corrected chi connectivity index (χ2v) is 11.2. The van der Waals surface area contributed by atoms with E-state index < -0.39 is 34.8 Å². The summed E-state index contributed by atoms with van der Waals surface area (Å²) in [6.45, 7) is 0.862. The first-order chi connectivity index (χ1) is 16.1. The summed E-state index contributed by atoms with van der Waals surface area (Å²) < 4.78 is 42.1. The van der Waals surface area contributed by atoms with E-state index in [0.717, 1.165) is 14.8 Å². The molecule has 3 rings (SSSR count). The topological polar surface area (TPSA) is 66.5 Å². The second-order valence-electron chi connectivity index (χ2n) is 7.49. The Morgan fingerprint density at radius 3 is 2.29 bits per heavy atom. The minimum Gasteiger partial charge on any atom is -0.348 e. The summed E-state index contributed by atoms with van der Waals surface area (Å²) in [6, 6.07) is 16.9. The minimum atomic E-state index is -4.17. The van der Waals surface area contributed by atoms with Gasteiger partial charge in [-0.2, -0.15) is 4.31 Å². The number of amides is 1. The number of nitrogens with one attached hydrogen (secondary N) is 1. The number of rotatable bonds is 9. The van der Waals surface area contributed by atoms with Crippen molar-refractivity contribution in [2.45, 2.75) is 29.3 Å². The monoisotopic (exact) mass is 540 g/mol. The Hall–Kier alpha value is -2.10. The molecule has 0 aliphatic heterocycles. The zero-order chi connectivity index (χ0) is 24.9. The van der Waals surface area contributed by atoms with Crippen LogP contribution >= 0.6 is 35.0 Å². The van der Waals surface area contributed by atoms with E-state index in [2.05, 4.69) is 5.32 Å². The van der Waals surface area contributed by atoms with Gasteiger partial charge in [-0.15, -0.1) is 11.8 Å². The molecule has 0 saturated heterocycles. The summed E-state index contributed by atoms with van der Waals surface area (Å²) in [5.41, 5.74) is 0.852. The molecule has 0 saturated carbocycles. The van der Waals surface area contributed by atoms with Crippen molar-refractivity contribution in [3.63, 3.8) is 0 Å². The summed E-state index contributed by atoms with van der Waals surface area (Å²) in [4.78, 5) is 13.9. The molecule has 0 bridgehead atoms. The molecule has 1 N–H and O–H groups in total. The van der Waals surface area contributed by atoms with Crippen molar-refractivity contribution in [3.05, 3.63) is 93.7 Å². The van der Waals surface area contributed by atoms with Gasteiger partial charge in [0.05, 0.1) is 17.5 Å². The van der Waals surface area contributed by atoms with Crippen molar-refractivity contribution in [1.29, 1.82) is 0 Å². The Balaban J connectivity index is 1.86. The molecule has 5 nitrogen and oxygen atoms in total. The number of carbonyl (C=O) groups excluding carboxylic acids is 1. The van der Waals surface area contributed by atoms with Crippen LogP contribution in [0.1, 0.15) is 24.1 Å². The average Bonchev–Trinajstić information content (AvgIpc) is 2.81. The Morgan fingerprint density at radius 1 is 1.06 bits per heavy atom. The van der Waals surface area contributed by atoms with Gasteiger partial charge in [-0.25, -0.2) is 12.8 Å². The van der Waals surface area contributed by atoms with Crippen molar-refractivity contribution < 1.29 is 17.6 Å². The lowest BCUT2D eigenvalue weighted by Crippen LogP contribution is -2.41. The van der Waals surface area contributed by atoms with Gasteiger partial charge in [0.15, 0.2) is 0 Å². The first-order valence-corrected chi connectivity index (χ1v) is 13.7. The number of halogens is 3. The van der Waals surface area contributed by atoms with Crippen molar-refractivity contribution in [2.24, 2.45) is 0 Å². The van der Waals surface area contributed by atoms with Gasteiger partial charge < -0.3 is 5.32 Å². The molecule has 3 aromatic carbocycles. The van der Waals surface area contributed by atoms with Gasteiger partial charge in [-0.1, -0.05) is 41.4 Å². The van der Waals surface area contributed by atoms with Gasteiger partial charge in [-0.05, 0) is 67.3 Å². The molecule has 0 aromatic heterocycles. The quantitative estimate of drug-likeness (QED) is 0.342. The zero-order valence-corrected chi connectivity index (χ0v) is 21.6. The van der Waals surface area contributed by atoms with E-state index in [-0.39, 0.29) is 21.5 Å². The van der Waals surface area contributed by atoms with E-state index in [1.165, 1.54) is 42.5 Å². The fraction of sp³-hybridized carbons (Fsp3) is 0.208. The number of hydrogen-bond acceptors (Lipinski definition) is 4. The Kier molecular flexibility index (Phi) is 9.01. The number of hydrogen-bond donors (Lipinski definition) is 1. The maximum absolute atomic E-state index is 14.5. The first-order valence-electron chi connectivity index (χ1n) is 10.2. The van der Waals surface area contributed by atoms with Crippen LogP contribution in [0.25, 0.3) is 0 Å². The van der Waals surface area contributed by atoms with Gasteiger partial charge in [-0.3, -0.25) is 4.79 Å². The Morgan fingerprint density at radius 2 is 1.71 bits per heavy atom. The molecule has 0 fully saturated rings. The molecule has 0 aliphatic rings. The van der Waals surface area contributed by atoms with Crippen molar-refractivity contribution >= 4 is 50.9 Å². The van der Waals surface area contributed by atoms with E-state index >= 15 is 0 Å². The Labute approximate surface area is 213 Å². The van der Waals surface area contributed by atoms with Crippen LogP contribution in [0.3, 0.4) is 0 Å². The molecule has 0 aliphatic carbocycles. The molecular weight excluding hydrogens is 518 g/mol. The summed E-state index contributed by atoms with van der Waals surface area (Å²) in [5.74, 6) is -1.20. The predicted molar refractivity (Wildman–Crippen MR) is 135 cm³/mol. The largest absolute Gasteiger partial charge is 0.348 e. The normalized spacial score (nSPS) is 12.5. The van der Waals surface area contributed by atoms with E-state index in [1.54, 1.807) is 18.7 Å². The minimum absolute atomic E-state index is 0.0183. The third kappa shape index (κ3) is 6.52. The van der Waals surface area contributed by atoms with E-state index in [0.29, 0.717) is 5.02 Å². The fourth-order valence-electron chi connectivity index (χ4n) is 3.26. The zero-order valence-electron chi connectivity index (χ0n) is 18.5. The SMILES string of the molecule is CSc1ccc(C(C)NC(=O)CN(Cc2c(F)cccc2Cl)S(=O)(=O)c2ccc(Cl)cc2)cc1. The number of sulfonamides is 1. The summed E-state index contributed by atoms with van der Waals surface area (Å²) in [6.07, 6.45) is 1.97. The van der Waals surface area contributed by atoms with Gasteiger partial charge in [0.1, 0.15) is 5.82 Å². The lowest BCUT2D eigenvalue weighted by molar-refractivity contribution is -0.122. The predicted octanol–water partition coefficient (Wildman–Crippen LogP) is 5.92. The molecule has 1 unspecified atom stereocenters. The number of thioether (sulfide) groups is 1. The maximum atomic E-state index is 14.5. The van der Waals surface area contributed by atoms with Crippen LogP contribution in [-0.4, -0.2) is 31.4 Å². The van der Waals surface area contributed by atoms with Crippen LogP contribution < -0.4 is 5.32 Å². The van der Waals surface area contributed by atoms with E-state index in [4.69, 9.17) is 23.2 Å². The molecular formula is C24H23Cl2FN2O3S2.